The van der Waals surface area contributed by atoms with Gasteiger partial charge in [-0.25, -0.2) is 0 Å². The highest BCUT2D eigenvalue weighted by molar-refractivity contribution is 5.44. The Balaban J connectivity index is 3.19. The van der Waals surface area contributed by atoms with Crippen LogP contribution in [-0.4, -0.2) is 33.0 Å². The van der Waals surface area contributed by atoms with Crippen LogP contribution < -0.4 is 9.47 Å². The molecule has 0 heterocycles. The third-order valence-electron chi connectivity index (χ3n) is 2.88. The van der Waals surface area contributed by atoms with Gasteiger partial charge in [0.15, 0.2) is 0 Å². The molecule has 1 aromatic rings. The van der Waals surface area contributed by atoms with E-state index in [4.69, 9.17) is 14.2 Å². The minimum Gasteiger partial charge on any atom is -0.497 e. The van der Waals surface area contributed by atoms with Crippen molar-refractivity contribution in [2.24, 2.45) is 0 Å². The molecular weight excluding hydrogens is 220 g/mol. The van der Waals surface area contributed by atoms with Crippen molar-refractivity contribution in [2.75, 3.05) is 27.9 Å². The second-order valence-corrected chi connectivity index (χ2v) is 3.88. The van der Waals surface area contributed by atoms with Gasteiger partial charge >= 0.3 is 0 Å². The Morgan fingerprint density at radius 2 is 1.88 bits per heavy atom. The number of ether oxygens (including phenoxy) is 3. The van der Waals surface area contributed by atoms with E-state index in [-0.39, 0.29) is 6.61 Å². The highest BCUT2D eigenvalue weighted by Gasteiger charge is 2.30. The molecule has 0 spiro atoms. The molecule has 1 rings (SSSR count). The number of hydrogen-bond donors (Lipinski definition) is 1. The Bertz CT molecular complexity index is 364. The van der Waals surface area contributed by atoms with Crippen molar-refractivity contribution in [2.45, 2.75) is 18.9 Å². The third-order valence-corrected chi connectivity index (χ3v) is 2.88. The Hall–Kier alpha value is -1.26. The lowest BCUT2D eigenvalue weighted by molar-refractivity contribution is -0.0400. The monoisotopic (exact) mass is 240 g/mol. The molecule has 1 N–H and O–H groups in total. The topological polar surface area (TPSA) is 47.9 Å². The Morgan fingerprint density at radius 3 is 2.35 bits per heavy atom. The summed E-state index contributed by atoms with van der Waals surface area (Å²) in [6, 6.07) is 5.36. The molecule has 17 heavy (non-hydrogen) atoms. The molecule has 0 bridgehead atoms. The first-order valence-corrected chi connectivity index (χ1v) is 5.55. The molecule has 0 saturated heterocycles. The van der Waals surface area contributed by atoms with Gasteiger partial charge in [0, 0.05) is 18.7 Å². The molecule has 96 valence electrons. The Labute approximate surface area is 102 Å². The van der Waals surface area contributed by atoms with Gasteiger partial charge < -0.3 is 19.3 Å². The van der Waals surface area contributed by atoms with Crippen LogP contribution in [0, 0.1) is 0 Å². The molecule has 4 nitrogen and oxygen atoms in total. The van der Waals surface area contributed by atoms with Crippen LogP contribution in [0.25, 0.3) is 0 Å². The fourth-order valence-electron chi connectivity index (χ4n) is 1.79. The first kappa shape index (κ1) is 13.8. The van der Waals surface area contributed by atoms with E-state index in [0.717, 1.165) is 0 Å². The van der Waals surface area contributed by atoms with E-state index in [1.54, 1.807) is 39.5 Å². The maximum Gasteiger partial charge on any atom is 0.128 e. The molecule has 1 atom stereocenters. The molecule has 0 aliphatic heterocycles. The maximum atomic E-state index is 10.5. The summed E-state index contributed by atoms with van der Waals surface area (Å²) >= 11 is 0. The zero-order chi connectivity index (χ0) is 12.9. The molecule has 4 heteroatoms. The van der Waals surface area contributed by atoms with Crippen LogP contribution >= 0.6 is 0 Å². The summed E-state index contributed by atoms with van der Waals surface area (Å²) in [5.74, 6) is 1.30. The van der Waals surface area contributed by atoms with Crippen molar-refractivity contribution in [3.63, 3.8) is 0 Å². The highest BCUT2D eigenvalue weighted by Crippen LogP contribution is 2.35. The molecule has 1 aromatic carbocycles. The van der Waals surface area contributed by atoms with Crippen molar-refractivity contribution < 1.29 is 19.3 Å². The SMILES string of the molecule is CCC(O)(COC)c1ccc(OC)cc1OC. The summed E-state index contributed by atoms with van der Waals surface area (Å²) in [5, 5.41) is 10.5. The van der Waals surface area contributed by atoms with Crippen LogP contribution in [0.2, 0.25) is 0 Å². The molecule has 0 radical (unpaired) electrons. The number of rotatable bonds is 6. The summed E-state index contributed by atoms with van der Waals surface area (Å²) < 4.78 is 15.5. The smallest absolute Gasteiger partial charge is 0.128 e. The van der Waals surface area contributed by atoms with Gasteiger partial charge in [-0.3, -0.25) is 0 Å². The Morgan fingerprint density at radius 1 is 1.18 bits per heavy atom. The second kappa shape index (κ2) is 5.89. The van der Waals surface area contributed by atoms with Crippen LogP contribution in [0.1, 0.15) is 18.9 Å². The van der Waals surface area contributed by atoms with Crippen LogP contribution in [0.15, 0.2) is 18.2 Å². The number of methoxy groups -OCH3 is 3. The molecular formula is C13H20O4. The molecule has 0 aromatic heterocycles. The van der Waals surface area contributed by atoms with Crippen molar-refractivity contribution in [1.82, 2.24) is 0 Å². The van der Waals surface area contributed by atoms with Gasteiger partial charge in [0.2, 0.25) is 0 Å². The summed E-state index contributed by atoms with van der Waals surface area (Å²) in [6.45, 7) is 2.13. The van der Waals surface area contributed by atoms with E-state index in [1.165, 1.54) is 0 Å². The van der Waals surface area contributed by atoms with E-state index in [0.29, 0.717) is 23.5 Å². The average Bonchev–Trinajstić information content (AvgIpc) is 2.38. The first-order valence-electron chi connectivity index (χ1n) is 5.55. The van der Waals surface area contributed by atoms with E-state index in [2.05, 4.69) is 0 Å². The lowest BCUT2D eigenvalue weighted by Gasteiger charge is -2.28. The van der Waals surface area contributed by atoms with Crippen LogP contribution in [0.3, 0.4) is 0 Å². The molecule has 0 saturated carbocycles. The van der Waals surface area contributed by atoms with E-state index in [9.17, 15) is 5.11 Å². The average molecular weight is 240 g/mol. The lowest BCUT2D eigenvalue weighted by atomic mass is 9.91. The van der Waals surface area contributed by atoms with Crippen molar-refractivity contribution in [1.29, 1.82) is 0 Å². The van der Waals surface area contributed by atoms with Gasteiger partial charge in [0.05, 0.1) is 20.8 Å². The zero-order valence-corrected chi connectivity index (χ0v) is 10.8. The van der Waals surface area contributed by atoms with Crippen LogP contribution in [-0.2, 0) is 10.3 Å². The summed E-state index contributed by atoms with van der Waals surface area (Å²) in [5.41, 5.74) is -0.322. The summed E-state index contributed by atoms with van der Waals surface area (Å²) in [4.78, 5) is 0. The van der Waals surface area contributed by atoms with Crippen LogP contribution in [0.4, 0.5) is 0 Å². The van der Waals surface area contributed by atoms with E-state index >= 15 is 0 Å². The van der Waals surface area contributed by atoms with Gasteiger partial charge in [-0.15, -0.1) is 0 Å². The number of benzene rings is 1. The Kier molecular flexibility index (Phi) is 4.78. The predicted octanol–water partition coefficient (Wildman–Crippen LogP) is 1.95. The quantitative estimate of drug-likeness (QED) is 0.825. The van der Waals surface area contributed by atoms with Gasteiger partial charge in [0.1, 0.15) is 17.1 Å². The van der Waals surface area contributed by atoms with Crippen LogP contribution in [0.5, 0.6) is 11.5 Å². The standard InChI is InChI=1S/C13H20O4/c1-5-13(14,9-15-2)11-7-6-10(16-3)8-12(11)17-4/h6-8,14H,5,9H2,1-4H3. The van der Waals surface area contributed by atoms with Gasteiger partial charge in [-0.2, -0.15) is 0 Å². The predicted molar refractivity (Wildman–Crippen MR) is 65.6 cm³/mol. The fraction of sp³-hybridized carbons (Fsp3) is 0.538. The van der Waals surface area contributed by atoms with Gasteiger partial charge in [-0.05, 0) is 18.6 Å². The first-order chi connectivity index (χ1) is 8.11. The minimum absolute atomic E-state index is 0.228. The summed E-state index contributed by atoms with van der Waals surface area (Å²) in [6.07, 6.45) is 0.545. The lowest BCUT2D eigenvalue weighted by Crippen LogP contribution is -2.30. The van der Waals surface area contributed by atoms with Crippen molar-refractivity contribution in [3.8, 4) is 11.5 Å². The zero-order valence-electron chi connectivity index (χ0n) is 10.8. The highest BCUT2D eigenvalue weighted by atomic mass is 16.5. The maximum absolute atomic E-state index is 10.5. The fourth-order valence-corrected chi connectivity index (χ4v) is 1.79. The largest absolute Gasteiger partial charge is 0.497 e. The molecule has 1 unspecified atom stereocenters. The van der Waals surface area contributed by atoms with Gasteiger partial charge in [0.25, 0.3) is 0 Å². The molecule has 0 fully saturated rings. The molecule has 0 amide bonds. The van der Waals surface area contributed by atoms with Gasteiger partial charge in [-0.1, -0.05) is 6.92 Å². The normalized spacial score (nSPS) is 14.2. The number of aliphatic hydroxyl groups is 1. The van der Waals surface area contributed by atoms with Crippen molar-refractivity contribution >= 4 is 0 Å². The number of hydrogen-bond acceptors (Lipinski definition) is 4. The molecule has 0 aliphatic rings. The summed E-state index contributed by atoms with van der Waals surface area (Å²) in [7, 11) is 4.73. The second-order valence-electron chi connectivity index (χ2n) is 3.88. The third kappa shape index (κ3) is 2.90. The van der Waals surface area contributed by atoms with Crippen molar-refractivity contribution in [3.05, 3.63) is 23.8 Å². The van der Waals surface area contributed by atoms with E-state index < -0.39 is 5.60 Å². The molecule has 0 aliphatic carbocycles. The minimum atomic E-state index is -1.04. The van der Waals surface area contributed by atoms with E-state index in [1.807, 2.05) is 6.92 Å².